The summed E-state index contributed by atoms with van der Waals surface area (Å²) < 4.78 is 1.53. The predicted molar refractivity (Wildman–Crippen MR) is 82.1 cm³/mol. The molecule has 8 nitrogen and oxygen atoms in total. The summed E-state index contributed by atoms with van der Waals surface area (Å²) >= 11 is 0. The Morgan fingerprint density at radius 2 is 2.00 bits per heavy atom. The minimum atomic E-state index is -0.776. The lowest BCUT2D eigenvalue weighted by molar-refractivity contribution is -0.128. The number of para-hydroxylation sites is 1. The highest BCUT2D eigenvalue weighted by molar-refractivity contribution is 6.06. The molecule has 122 valence electrons. The van der Waals surface area contributed by atoms with Crippen LogP contribution in [-0.2, 0) is 9.59 Å². The molecular formula is C16H15N5O3. The second-order valence-electron chi connectivity index (χ2n) is 6.20. The standard InChI is InChI=1S/C16H15N5O3/c22-13-8-16(15(24)17-13)6-7-20(10-16)14(23)12-9-21(19-18-12)11-4-2-1-3-5-11/h1-5,9H,6-8,10H2,(H,17,22,24)/t16-/m1/s1. The van der Waals surface area contributed by atoms with Crippen LogP contribution in [0.5, 0.6) is 0 Å². The lowest BCUT2D eigenvalue weighted by atomic mass is 9.85. The molecule has 0 unspecified atom stereocenters. The molecule has 2 saturated heterocycles. The Balaban J connectivity index is 1.52. The number of hydrogen-bond donors (Lipinski definition) is 1. The van der Waals surface area contributed by atoms with Crippen LogP contribution in [0.15, 0.2) is 36.5 Å². The van der Waals surface area contributed by atoms with Gasteiger partial charge in [-0.2, -0.15) is 0 Å². The number of amides is 3. The molecule has 2 aromatic rings. The molecule has 3 heterocycles. The van der Waals surface area contributed by atoms with Gasteiger partial charge in [-0.25, -0.2) is 4.68 Å². The lowest BCUT2D eigenvalue weighted by Gasteiger charge is -2.19. The first-order valence-corrected chi connectivity index (χ1v) is 7.69. The molecular weight excluding hydrogens is 310 g/mol. The fourth-order valence-corrected chi connectivity index (χ4v) is 3.30. The Morgan fingerprint density at radius 1 is 1.21 bits per heavy atom. The van der Waals surface area contributed by atoms with Crippen LogP contribution in [0, 0.1) is 5.41 Å². The van der Waals surface area contributed by atoms with Crippen LogP contribution in [0.25, 0.3) is 5.69 Å². The minimum Gasteiger partial charge on any atom is -0.336 e. The van der Waals surface area contributed by atoms with Crippen molar-refractivity contribution in [2.45, 2.75) is 12.8 Å². The van der Waals surface area contributed by atoms with Gasteiger partial charge in [0.2, 0.25) is 11.8 Å². The van der Waals surface area contributed by atoms with E-state index in [9.17, 15) is 14.4 Å². The number of carbonyl (C=O) groups excluding carboxylic acids is 3. The van der Waals surface area contributed by atoms with E-state index >= 15 is 0 Å². The highest BCUT2D eigenvalue weighted by atomic mass is 16.2. The molecule has 1 aromatic heterocycles. The van der Waals surface area contributed by atoms with E-state index in [2.05, 4.69) is 15.6 Å². The number of nitrogens with zero attached hydrogens (tertiary/aromatic N) is 4. The zero-order chi connectivity index (χ0) is 16.7. The fraction of sp³-hybridized carbons (Fsp3) is 0.312. The number of hydrogen-bond acceptors (Lipinski definition) is 5. The van der Waals surface area contributed by atoms with Crippen molar-refractivity contribution in [1.29, 1.82) is 0 Å². The summed E-state index contributed by atoms with van der Waals surface area (Å²) in [6.07, 6.45) is 2.21. The molecule has 0 aliphatic carbocycles. The highest BCUT2D eigenvalue weighted by Crippen LogP contribution is 2.37. The van der Waals surface area contributed by atoms with Crippen LogP contribution in [0.3, 0.4) is 0 Å². The topological polar surface area (TPSA) is 97.2 Å². The Bertz CT molecular complexity index is 831. The van der Waals surface area contributed by atoms with Gasteiger partial charge >= 0.3 is 0 Å². The molecule has 0 radical (unpaired) electrons. The summed E-state index contributed by atoms with van der Waals surface area (Å²) in [5.74, 6) is -0.832. The van der Waals surface area contributed by atoms with Gasteiger partial charge in [-0.1, -0.05) is 23.4 Å². The molecule has 24 heavy (non-hydrogen) atoms. The van der Waals surface area contributed by atoms with Gasteiger partial charge in [0.1, 0.15) is 0 Å². The number of aromatic nitrogens is 3. The van der Waals surface area contributed by atoms with Crippen molar-refractivity contribution in [2.75, 3.05) is 13.1 Å². The van der Waals surface area contributed by atoms with Gasteiger partial charge in [-0.15, -0.1) is 5.10 Å². The molecule has 2 fully saturated rings. The molecule has 0 bridgehead atoms. The Kier molecular flexibility index (Phi) is 3.19. The summed E-state index contributed by atoms with van der Waals surface area (Å²) in [6.45, 7) is 0.666. The molecule has 1 aromatic carbocycles. The summed E-state index contributed by atoms with van der Waals surface area (Å²) in [4.78, 5) is 37.6. The van der Waals surface area contributed by atoms with E-state index in [1.807, 2.05) is 30.3 Å². The zero-order valence-electron chi connectivity index (χ0n) is 12.8. The highest BCUT2D eigenvalue weighted by Gasteiger charge is 2.52. The molecule has 4 rings (SSSR count). The second-order valence-corrected chi connectivity index (χ2v) is 6.20. The van der Waals surface area contributed by atoms with E-state index in [0.717, 1.165) is 5.69 Å². The van der Waals surface area contributed by atoms with Crippen LogP contribution in [0.4, 0.5) is 0 Å². The van der Waals surface area contributed by atoms with Crippen LogP contribution in [-0.4, -0.2) is 50.7 Å². The van der Waals surface area contributed by atoms with Gasteiger partial charge in [0.05, 0.1) is 17.3 Å². The van der Waals surface area contributed by atoms with Crippen molar-refractivity contribution in [3.63, 3.8) is 0 Å². The Morgan fingerprint density at radius 3 is 2.71 bits per heavy atom. The van der Waals surface area contributed by atoms with E-state index in [1.54, 1.807) is 11.1 Å². The van der Waals surface area contributed by atoms with Crippen molar-refractivity contribution in [1.82, 2.24) is 25.2 Å². The molecule has 1 spiro atoms. The molecule has 2 aliphatic heterocycles. The van der Waals surface area contributed by atoms with E-state index < -0.39 is 5.41 Å². The maximum absolute atomic E-state index is 12.6. The molecule has 0 saturated carbocycles. The van der Waals surface area contributed by atoms with E-state index in [4.69, 9.17) is 0 Å². The molecule has 1 N–H and O–H groups in total. The first-order chi connectivity index (χ1) is 11.6. The van der Waals surface area contributed by atoms with Gasteiger partial charge in [0, 0.05) is 19.5 Å². The smallest absolute Gasteiger partial charge is 0.276 e. The molecule has 3 amide bonds. The monoisotopic (exact) mass is 325 g/mol. The number of likely N-dealkylation sites (tertiary alicyclic amines) is 1. The van der Waals surface area contributed by atoms with Crippen molar-refractivity contribution < 1.29 is 14.4 Å². The Hall–Kier alpha value is -3.03. The normalized spacial score (nSPS) is 23.1. The average Bonchev–Trinajstić information content (AvgIpc) is 3.28. The van der Waals surface area contributed by atoms with Crippen LogP contribution in [0.2, 0.25) is 0 Å². The van der Waals surface area contributed by atoms with E-state index in [-0.39, 0.29) is 36.4 Å². The maximum atomic E-state index is 12.6. The predicted octanol–water partition coefficient (Wildman–Crippen LogP) is 0.146. The molecule has 8 heteroatoms. The average molecular weight is 325 g/mol. The second kappa shape index (κ2) is 5.26. The zero-order valence-corrected chi connectivity index (χ0v) is 12.8. The summed E-state index contributed by atoms with van der Waals surface area (Å²) in [5, 5.41) is 10.2. The third-order valence-corrected chi connectivity index (χ3v) is 4.61. The first kappa shape index (κ1) is 14.6. The molecule has 2 aliphatic rings. The van der Waals surface area contributed by atoms with Crippen molar-refractivity contribution in [3.8, 4) is 5.69 Å². The quantitative estimate of drug-likeness (QED) is 0.793. The third kappa shape index (κ3) is 2.27. The van der Waals surface area contributed by atoms with E-state index in [0.29, 0.717) is 13.0 Å². The van der Waals surface area contributed by atoms with E-state index in [1.165, 1.54) is 4.68 Å². The Labute approximate surface area is 137 Å². The fourth-order valence-electron chi connectivity index (χ4n) is 3.30. The van der Waals surface area contributed by atoms with Crippen LogP contribution < -0.4 is 5.32 Å². The first-order valence-electron chi connectivity index (χ1n) is 7.69. The van der Waals surface area contributed by atoms with Gasteiger partial charge < -0.3 is 4.90 Å². The lowest BCUT2D eigenvalue weighted by Crippen LogP contribution is -2.36. The maximum Gasteiger partial charge on any atom is 0.276 e. The van der Waals surface area contributed by atoms with Crippen LogP contribution >= 0.6 is 0 Å². The van der Waals surface area contributed by atoms with Crippen molar-refractivity contribution in [3.05, 3.63) is 42.2 Å². The summed E-state index contributed by atoms with van der Waals surface area (Å²) in [6, 6.07) is 9.37. The number of nitrogens with one attached hydrogen (secondary N) is 1. The number of imide groups is 1. The largest absolute Gasteiger partial charge is 0.336 e. The number of rotatable bonds is 2. The summed E-state index contributed by atoms with van der Waals surface area (Å²) in [5.41, 5.74) is 0.255. The van der Waals surface area contributed by atoms with Gasteiger partial charge in [-0.3, -0.25) is 19.7 Å². The summed E-state index contributed by atoms with van der Waals surface area (Å²) in [7, 11) is 0. The SMILES string of the molecule is O=C1C[C@@]2(CCN(C(=O)c3cn(-c4ccccc4)nn3)C2)C(=O)N1. The van der Waals surface area contributed by atoms with Gasteiger partial charge in [0.15, 0.2) is 5.69 Å². The van der Waals surface area contributed by atoms with Crippen LogP contribution in [0.1, 0.15) is 23.3 Å². The number of benzene rings is 1. The minimum absolute atomic E-state index is 0.145. The van der Waals surface area contributed by atoms with Crippen molar-refractivity contribution >= 4 is 17.7 Å². The molecule has 1 atom stereocenters. The number of carbonyl (C=O) groups is 3. The van der Waals surface area contributed by atoms with Crippen molar-refractivity contribution in [2.24, 2.45) is 5.41 Å². The third-order valence-electron chi connectivity index (χ3n) is 4.61. The van der Waals surface area contributed by atoms with Gasteiger partial charge in [-0.05, 0) is 18.6 Å². The van der Waals surface area contributed by atoms with Gasteiger partial charge in [0.25, 0.3) is 5.91 Å².